The number of ether oxygens (including phenoxy) is 2. The zero-order chi connectivity index (χ0) is 20.5. The van der Waals surface area contributed by atoms with Gasteiger partial charge in [-0.25, -0.2) is 9.59 Å². The summed E-state index contributed by atoms with van der Waals surface area (Å²) in [6.07, 6.45) is 2.23. The standard InChI is InChI=1S/C24H28O4/c1-6-27-21(25)16-7-9-17(10-8-16)22(26)28-18-11-12-19-20(15-18)24(4,5)14-13-23(19,2)3/h7-12,15H,6,13-14H2,1-5H3. The molecule has 0 bridgehead atoms. The van der Waals surface area contributed by atoms with Crippen molar-refractivity contribution in [3.8, 4) is 5.75 Å². The lowest BCUT2D eigenvalue weighted by Crippen LogP contribution is -2.33. The molecule has 148 valence electrons. The summed E-state index contributed by atoms with van der Waals surface area (Å²) >= 11 is 0. The van der Waals surface area contributed by atoms with Crippen LogP contribution < -0.4 is 4.74 Å². The van der Waals surface area contributed by atoms with E-state index in [0.717, 1.165) is 12.8 Å². The Labute approximate surface area is 166 Å². The monoisotopic (exact) mass is 380 g/mol. The summed E-state index contributed by atoms with van der Waals surface area (Å²) in [5.41, 5.74) is 3.54. The topological polar surface area (TPSA) is 52.6 Å². The average Bonchev–Trinajstić information content (AvgIpc) is 2.66. The summed E-state index contributed by atoms with van der Waals surface area (Å²) in [5, 5.41) is 0. The molecule has 0 saturated heterocycles. The van der Waals surface area contributed by atoms with Gasteiger partial charge in [-0.2, -0.15) is 0 Å². The van der Waals surface area contributed by atoms with Gasteiger partial charge in [0.1, 0.15) is 5.75 Å². The lowest BCUT2D eigenvalue weighted by Gasteiger charge is -2.41. The van der Waals surface area contributed by atoms with Crippen LogP contribution in [-0.4, -0.2) is 18.5 Å². The van der Waals surface area contributed by atoms with Crippen LogP contribution in [0.25, 0.3) is 0 Å². The van der Waals surface area contributed by atoms with E-state index in [-0.39, 0.29) is 10.8 Å². The molecule has 28 heavy (non-hydrogen) atoms. The van der Waals surface area contributed by atoms with Crippen molar-refractivity contribution in [2.45, 2.75) is 58.3 Å². The number of carbonyl (C=O) groups excluding carboxylic acids is 2. The SMILES string of the molecule is CCOC(=O)c1ccc(C(=O)Oc2ccc3c(c2)C(C)(C)CCC3(C)C)cc1. The van der Waals surface area contributed by atoms with Crippen LogP contribution in [0.15, 0.2) is 42.5 Å². The maximum absolute atomic E-state index is 12.5. The fourth-order valence-electron chi connectivity index (χ4n) is 3.75. The second-order valence-corrected chi connectivity index (χ2v) is 8.66. The van der Waals surface area contributed by atoms with Crippen molar-refractivity contribution in [1.29, 1.82) is 0 Å². The van der Waals surface area contributed by atoms with Crippen LogP contribution in [0.4, 0.5) is 0 Å². The van der Waals surface area contributed by atoms with Crippen LogP contribution >= 0.6 is 0 Å². The lowest BCUT2D eigenvalue weighted by atomic mass is 9.63. The Morgan fingerprint density at radius 3 is 1.93 bits per heavy atom. The third-order valence-electron chi connectivity index (χ3n) is 5.67. The number of carbonyl (C=O) groups is 2. The molecule has 0 aliphatic heterocycles. The fraction of sp³-hybridized carbons (Fsp3) is 0.417. The summed E-state index contributed by atoms with van der Waals surface area (Å²) in [7, 11) is 0. The van der Waals surface area contributed by atoms with Gasteiger partial charge in [-0.15, -0.1) is 0 Å². The first-order valence-corrected chi connectivity index (χ1v) is 9.78. The van der Waals surface area contributed by atoms with Gasteiger partial charge >= 0.3 is 11.9 Å². The van der Waals surface area contributed by atoms with Gasteiger partial charge in [0, 0.05) is 0 Å². The largest absolute Gasteiger partial charge is 0.462 e. The quantitative estimate of drug-likeness (QED) is 0.524. The van der Waals surface area contributed by atoms with Crippen molar-refractivity contribution >= 4 is 11.9 Å². The Morgan fingerprint density at radius 2 is 1.36 bits per heavy atom. The van der Waals surface area contributed by atoms with E-state index in [4.69, 9.17) is 9.47 Å². The van der Waals surface area contributed by atoms with Gasteiger partial charge in [-0.3, -0.25) is 0 Å². The molecule has 0 unspecified atom stereocenters. The molecule has 3 rings (SSSR count). The minimum Gasteiger partial charge on any atom is -0.462 e. The summed E-state index contributed by atoms with van der Waals surface area (Å²) in [6.45, 7) is 11.1. The van der Waals surface area contributed by atoms with Gasteiger partial charge < -0.3 is 9.47 Å². The third kappa shape index (κ3) is 3.96. The van der Waals surface area contributed by atoms with Crippen molar-refractivity contribution in [3.05, 3.63) is 64.7 Å². The molecular weight excluding hydrogens is 352 g/mol. The van der Waals surface area contributed by atoms with E-state index in [1.54, 1.807) is 31.2 Å². The normalized spacial score (nSPS) is 16.8. The molecule has 0 N–H and O–H groups in total. The van der Waals surface area contributed by atoms with E-state index in [0.29, 0.717) is 23.5 Å². The lowest BCUT2D eigenvalue weighted by molar-refractivity contribution is 0.0525. The summed E-state index contributed by atoms with van der Waals surface area (Å²) in [5.74, 6) is -0.297. The number of hydrogen-bond donors (Lipinski definition) is 0. The van der Waals surface area contributed by atoms with Crippen LogP contribution in [0, 0.1) is 0 Å². The highest BCUT2D eigenvalue weighted by Gasteiger charge is 2.37. The van der Waals surface area contributed by atoms with E-state index in [1.807, 2.05) is 12.1 Å². The van der Waals surface area contributed by atoms with E-state index < -0.39 is 11.9 Å². The Morgan fingerprint density at radius 1 is 0.821 bits per heavy atom. The van der Waals surface area contributed by atoms with E-state index in [9.17, 15) is 9.59 Å². The Balaban J connectivity index is 1.81. The van der Waals surface area contributed by atoms with Gasteiger partial charge in [0.05, 0.1) is 17.7 Å². The van der Waals surface area contributed by atoms with Crippen molar-refractivity contribution in [3.63, 3.8) is 0 Å². The van der Waals surface area contributed by atoms with E-state index >= 15 is 0 Å². The van der Waals surface area contributed by atoms with Crippen LogP contribution in [-0.2, 0) is 15.6 Å². The molecule has 0 atom stereocenters. The first-order valence-electron chi connectivity index (χ1n) is 9.78. The summed E-state index contributed by atoms with van der Waals surface area (Å²) in [6, 6.07) is 12.3. The molecule has 1 aliphatic carbocycles. The molecule has 4 heteroatoms. The summed E-state index contributed by atoms with van der Waals surface area (Å²) in [4.78, 5) is 24.3. The van der Waals surface area contributed by atoms with Crippen LogP contribution in [0.1, 0.15) is 79.3 Å². The highest BCUT2D eigenvalue weighted by Crippen LogP contribution is 2.46. The smallest absolute Gasteiger partial charge is 0.343 e. The predicted molar refractivity (Wildman–Crippen MR) is 109 cm³/mol. The maximum Gasteiger partial charge on any atom is 0.343 e. The van der Waals surface area contributed by atoms with Crippen molar-refractivity contribution in [1.82, 2.24) is 0 Å². The number of hydrogen-bond acceptors (Lipinski definition) is 4. The molecule has 0 spiro atoms. The van der Waals surface area contributed by atoms with Crippen molar-refractivity contribution < 1.29 is 19.1 Å². The Hall–Kier alpha value is -2.62. The maximum atomic E-state index is 12.5. The molecule has 0 amide bonds. The van der Waals surface area contributed by atoms with Crippen LogP contribution in [0.2, 0.25) is 0 Å². The fourth-order valence-corrected chi connectivity index (χ4v) is 3.75. The van der Waals surface area contributed by atoms with Gasteiger partial charge in [0.15, 0.2) is 0 Å². The van der Waals surface area contributed by atoms with Gasteiger partial charge in [-0.1, -0.05) is 33.8 Å². The zero-order valence-corrected chi connectivity index (χ0v) is 17.3. The highest BCUT2D eigenvalue weighted by atomic mass is 16.5. The second-order valence-electron chi connectivity index (χ2n) is 8.66. The average molecular weight is 380 g/mol. The van der Waals surface area contributed by atoms with Gasteiger partial charge in [0.2, 0.25) is 0 Å². The molecule has 0 saturated carbocycles. The molecule has 0 aromatic heterocycles. The molecule has 2 aromatic rings. The molecule has 1 aliphatic rings. The minimum absolute atomic E-state index is 0.0502. The minimum atomic E-state index is -0.441. The first kappa shape index (κ1) is 20.1. The predicted octanol–water partition coefficient (Wildman–Crippen LogP) is 5.43. The molecule has 4 nitrogen and oxygen atoms in total. The first-order chi connectivity index (χ1) is 13.1. The molecule has 2 aromatic carbocycles. The highest BCUT2D eigenvalue weighted by molar-refractivity contribution is 5.94. The van der Waals surface area contributed by atoms with E-state index in [1.165, 1.54) is 11.1 Å². The van der Waals surface area contributed by atoms with Crippen LogP contribution in [0.3, 0.4) is 0 Å². The number of fused-ring (bicyclic) bond motifs is 1. The molecule has 0 radical (unpaired) electrons. The number of rotatable bonds is 4. The van der Waals surface area contributed by atoms with Gasteiger partial charge in [0.25, 0.3) is 0 Å². The number of benzene rings is 2. The zero-order valence-electron chi connectivity index (χ0n) is 17.3. The Kier molecular flexibility index (Phi) is 5.33. The third-order valence-corrected chi connectivity index (χ3v) is 5.67. The Bertz CT molecular complexity index is 891. The van der Waals surface area contributed by atoms with Crippen molar-refractivity contribution in [2.24, 2.45) is 0 Å². The summed E-state index contributed by atoms with van der Waals surface area (Å²) < 4.78 is 10.6. The van der Waals surface area contributed by atoms with Gasteiger partial charge in [-0.05, 0) is 78.1 Å². The molecular formula is C24H28O4. The van der Waals surface area contributed by atoms with E-state index in [2.05, 4.69) is 33.8 Å². The second kappa shape index (κ2) is 7.42. The number of esters is 2. The molecule has 0 heterocycles. The van der Waals surface area contributed by atoms with Crippen molar-refractivity contribution in [2.75, 3.05) is 6.61 Å². The van der Waals surface area contributed by atoms with Crippen LogP contribution in [0.5, 0.6) is 5.75 Å². The molecule has 0 fully saturated rings.